The number of carbonyl (C=O) groups excluding carboxylic acids is 2. The van der Waals surface area contributed by atoms with Gasteiger partial charge in [0.25, 0.3) is 5.91 Å². The third-order valence-corrected chi connectivity index (χ3v) is 5.52. The highest BCUT2D eigenvalue weighted by molar-refractivity contribution is 7.98. The molecule has 0 radical (unpaired) electrons. The number of hydrogen-bond acceptors (Lipinski definition) is 8. The van der Waals surface area contributed by atoms with Crippen molar-refractivity contribution < 1.29 is 18.7 Å². The highest BCUT2D eigenvalue weighted by Gasteiger charge is 2.29. The van der Waals surface area contributed by atoms with Gasteiger partial charge in [-0.15, -0.1) is 5.10 Å². The predicted molar refractivity (Wildman–Crippen MR) is 118 cm³/mol. The van der Waals surface area contributed by atoms with Crippen LogP contribution in [0, 0.1) is 5.82 Å². The maximum Gasteiger partial charge on any atom is 0.434 e. The van der Waals surface area contributed by atoms with Gasteiger partial charge in [0.05, 0.1) is 12.3 Å². The second-order valence-corrected chi connectivity index (χ2v) is 7.69. The summed E-state index contributed by atoms with van der Waals surface area (Å²) in [6, 6.07) is 7.01. The average molecular weight is 457 g/mol. The molecule has 0 saturated carbocycles. The summed E-state index contributed by atoms with van der Waals surface area (Å²) in [6.07, 6.45) is 3.50. The zero-order valence-electron chi connectivity index (χ0n) is 17.5. The number of benzene rings is 1. The summed E-state index contributed by atoms with van der Waals surface area (Å²) >= 11 is 1.45. The van der Waals surface area contributed by atoms with Gasteiger partial charge in [0, 0.05) is 36.8 Å². The molecule has 0 fully saturated rings. The molecule has 11 heteroatoms. The normalized spacial score (nSPS) is 12.9. The standard InChI is InChI=1S/C21H21FN6O3S/c1-3-31-21(30)28-16-9-11-27(17-8-10-23-20(24-17)32-2)12-15(16)18(26-28)25-19(29)13-4-6-14(22)7-5-13/h4-8,10H,3,9,11-12H2,1-2H3,(H,25,26,29). The van der Waals surface area contributed by atoms with Crippen molar-refractivity contribution in [2.45, 2.75) is 25.0 Å². The Morgan fingerprint density at radius 3 is 2.75 bits per heavy atom. The topological polar surface area (TPSA) is 102 Å². The molecular weight excluding hydrogens is 435 g/mol. The highest BCUT2D eigenvalue weighted by atomic mass is 32.2. The molecule has 0 saturated heterocycles. The van der Waals surface area contributed by atoms with Gasteiger partial charge < -0.3 is 15.0 Å². The molecule has 32 heavy (non-hydrogen) atoms. The zero-order valence-corrected chi connectivity index (χ0v) is 18.4. The lowest BCUT2D eigenvalue weighted by molar-refractivity contribution is 0.102. The fourth-order valence-corrected chi connectivity index (χ4v) is 3.79. The van der Waals surface area contributed by atoms with E-state index >= 15 is 0 Å². The maximum atomic E-state index is 13.2. The Bertz CT molecular complexity index is 1150. The lowest BCUT2D eigenvalue weighted by Gasteiger charge is -2.28. The van der Waals surface area contributed by atoms with Crippen LogP contribution in [0.25, 0.3) is 0 Å². The molecule has 166 valence electrons. The van der Waals surface area contributed by atoms with Crippen LogP contribution in [-0.4, -0.2) is 51.2 Å². The van der Waals surface area contributed by atoms with Crippen LogP contribution in [0.4, 0.5) is 20.8 Å². The molecule has 9 nitrogen and oxygen atoms in total. The van der Waals surface area contributed by atoms with Crippen LogP contribution in [0.2, 0.25) is 0 Å². The first-order valence-corrected chi connectivity index (χ1v) is 11.2. The van der Waals surface area contributed by atoms with Gasteiger partial charge in [0.1, 0.15) is 11.6 Å². The van der Waals surface area contributed by atoms with E-state index in [2.05, 4.69) is 20.4 Å². The second-order valence-electron chi connectivity index (χ2n) is 6.92. The fraction of sp³-hybridized carbons (Fsp3) is 0.286. The number of nitrogens with zero attached hydrogens (tertiary/aromatic N) is 5. The number of ether oxygens (including phenoxy) is 1. The highest BCUT2D eigenvalue weighted by Crippen LogP contribution is 2.29. The van der Waals surface area contributed by atoms with E-state index in [0.717, 1.165) is 5.82 Å². The monoisotopic (exact) mass is 456 g/mol. The summed E-state index contributed by atoms with van der Waals surface area (Å²) in [5.41, 5.74) is 1.65. The summed E-state index contributed by atoms with van der Waals surface area (Å²) in [4.78, 5) is 35.9. The van der Waals surface area contributed by atoms with E-state index in [0.29, 0.717) is 35.9 Å². The Morgan fingerprint density at radius 1 is 1.25 bits per heavy atom. The molecule has 1 N–H and O–H groups in total. The lowest BCUT2D eigenvalue weighted by atomic mass is 10.1. The summed E-state index contributed by atoms with van der Waals surface area (Å²) < 4.78 is 19.5. The summed E-state index contributed by atoms with van der Waals surface area (Å²) in [5, 5.41) is 7.73. The van der Waals surface area contributed by atoms with Crippen molar-refractivity contribution in [3.63, 3.8) is 0 Å². The van der Waals surface area contributed by atoms with Gasteiger partial charge in [-0.1, -0.05) is 11.8 Å². The number of hydrogen-bond donors (Lipinski definition) is 1. The van der Waals surface area contributed by atoms with Gasteiger partial charge in [-0.05, 0) is 43.5 Å². The third-order valence-electron chi connectivity index (χ3n) is 4.96. The van der Waals surface area contributed by atoms with E-state index in [9.17, 15) is 14.0 Å². The van der Waals surface area contributed by atoms with Crippen molar-refractivity contribution >= 4 is 35.4 Å². The van der Waals surface area contributed by atoms with Gasteiger partial charge in [-0.3, -0.25) is 4.79 Å². The van der Waals surface area contributed by atoms with Crippen molar-refractivity contribution in [2.75, 3.05) is 29.6 Å². The molecule has 0 bridgehead atoms. The quantitative estimate of drug-likeness (QED) is 0.461. The van der Waals surface area contributed by atoms with Crippen LogP contribution in [0.3, 0.4) is 0 Å². The van der Waals surface area contributed by atoms with E-state index < -0.39 is 17.8 Å². The first kappa shape index (κ1) is 21.8. The predicted octanol–water partition coefficient (Wildman–Crippen LogP) is 3.35. The van der Waals surface area contributed by atoms with Crippen LogP contribution in [-0.2, 0) is 17.7 Å². The molecule has 1 aromatic carbocycles. The smallest absolute Gasteiger partial charge is 0.434 e. The number of thioether (sulfide) groups is 1. The largest absolute Gasteiger partial charge is 0.448 e. The molecular formula is C21H21FN6O3S. The minimum atomic E-state index is -0.605. The van der Waals surface area contributed by atoms with Gasteiger partial charge >= 0.3 is 6.09 Å². The van der Waals surface area contributed by atoms with E-state index in [4.69, 9.17) is 4.74 Å². The molecule has 4 rings (SSSR count). The third kappa shape index (κ3) is 4.42. The Labute approximate surface area is 188 Å². The van der Waals surface area contributed by atoms with E-state index in [1.165, 1.54) is 40.7 Å². The number of anilines is 2. The molecule has 2 aromatic heterocycles. The molecule has 0 aliphatic carbocycles. The van der Waals surface area contributed by atoms with E-state index in [-0.39, 0.29) is 18.0 Å². The SMILES string of the molecule is CCOC(=O)n1nc(NC(=O)c2ccc(F)cc2)c2c1CCN(c1ccnc(SC)n1)C2. The van der Waals surface area contributed by atoms with Crippen molar-refractivity contribution in [1.29, 1.82) is 0 Å². The summed E-state index contributed by atoms with van der Waals surface area (Å²) in [7, 11) is 0. The van der Waals surface area contributed by atoms with Crippen molar-refractivity contribution in [3.05, 3.63) is 59.2 Å². The number of nitrogens with one attached hydrogen (secondary N) is 1. The van der Waals surface area contributed by atoms with Crippen LogP contribution in [0.1, 0.15) is 28.5 Å². The Hall–Kier alpha value is -3.47. The Kier molecular flexibility index (Phi) is 6.35. The van der Waals surface area contributed by atoms with E-state index in [1.54, 1.807) is 13.1 Å². The van der Waals surface area contributed by atoms with Crippen molar-refractivity contribution in [2.24, 2.45) is 0 Å². The Balaban J connectivity index is 1.66. The van der Waals surface area contributed by atoms with Gasteiger partial charge in [-0.2, -0.15) is 4.68 Å². The molecule has 0 atom stereocenters. The number of fused-ring (bicyclic) bond motifs is 1. The first-order valence-electron chi connectivity index (χ1n) is 9.97. The Morgan fingerprint density at radius 2 is 2.03 bits per heavy atom. The average Bonchev–Trinajstić information content (AvgIpc) is 3.17. The second kappa shape index (κ2) is 9.35. The number of carbonyl (C=O) groups is 2. The minimum Gasteiger partial charge on any atom is -0.448 e. The van der Waals surface area contributed by atoms with Crippen LogP contribution >= 0.6 is 11.8 Å². The molecule has 0 spiro atoms. The molecule has 3 heterocycles. The molecule has 3 aromatic rings. The fourth-order valence-electron chi connectivity index (χ4n) is 3.44. The minimum absolute atomic E-state index is 0.204. The van der Waals surface area contributed by atoms with Gasteiger partial charge in [0.15, 0.2) is 11.0 Å². The molecule has 0 unspecified atom stereocenters. The van der Waals surface area contributed by atoms with Crippen molar-refractivity contribution in [1.82, 2.24) is 19.7 Å². The van der Waals surface area contributed by atoms with Gasteiger partial charge in [0.2, 0.25) is 0 Å². The maximum absolute atomic E-state index is 13.2. The molecule has 1 aliphatic heterocycles. The molecule has 1 amide bonds. The van der Waals surface area contributed by atoms with Crippen LogP contribution in [0.15, 0.2) is 41.7 Å². The van der Waals surface area contributed by atoms with E-state index in [1.807, 2.05) is 17.2 Å². The zero-order chi connectivity index (χ0) is 22.7. The lowest BCUT2D eigenvalue weighted by Crippen LogP contribution is -2.33. The molecule has 1 aliphatic rings. The van der Waals surface area contributed by atoms with Gasteiger partial charge in [-0.25, -0.2) is 19.2 Å². The summed E-state index contributed by atoms with van der Waals surface area (Å²) in [5.74, 6) is 0.113. The van der Waals surface area contributed by atoms with Crippen molar-refractivity contribution in [3.8, 4) is 0 Å². The number of amides is 1. The number of rotatable bonds is 5. The van der Waals surface area contributed by atoms with Crippen LogP contribution < -0.4 is 10.2 Å². The number of halogens is 1. The first-order chi connectivity index (χ1) is 15.5. The van der Waals surface area contributed by atoms with Crippen LogP contribution in [0.5, 0.6) is 0 Å². The summed E-state index contributed by atoms with van der Waals surface area (Å²) in [6.45, 7) is 2.91. The number of aromatic nitrogens is 4.